The van der Waals surface area contributed by atoms with E-state index in [9.17, 15) is 26.3 Å². The molecule has 3 aromatic rings. The summed E-state index contributed by atoms with van der Waals surface area (Å²) in [6, 6.07) is 6.77. The Morgan fingerprint density at radius 1 is 0.875 bits per heavy atom. The van der Waals surface area contributed by atoms with Crippen LogP contribution < -0.4 is 11.5 Å². The summed E-state index contributed by atoms with van der Waals surface area (Å²) in [5.41, 5.74) is 9.80. The summed E-state index contributed by atoms with van der Waals surface area (Å²) in [7, 11) is 3.72. The van der Waals surface area contributed by atoms with Gasteiger partial charge in [-0.05, 0) is 50.5 Å². The fourth-order valence-electron chi connectivity index (χ4n) is 2.68. The molecule has 32 heavy (non-hydrogen) atoms. The molecule has 0 fully saturated rings. The summed E-state index contributed by atoms with van der Waals surface area (Å²) in [6.07, 6.45) is -5.59. The molecule has 0 unspecified atom stereocenters. The molecule has 174 valence electrons. The number of nitrogen functional groups attached to an aromatic ring is 2. The van der Waals surface area contributed by atoms with Crippen LogP contribution in [-0.4, -0.2) is 28.5 Å². The molecule has 0 spiro atoms. The van der Waals surface area contributed by atoms with E-state index in [1.807, 2.05) is 19.0 Å². The normalized spacial score (nSPS) is 11.9. The van der Waals surface area contributed by atoms with E-state index >= 15 is 0 Å². The topological polar surface area (TPSA) is 73.1 Å². The third-order valence-electron chi connectivity index (χ3n) is 3.97. The summed E-state index contributed by atoms with van der Waals surface area (Å²) in [4.78, 5) is 6.04. The number of nitrogens with two attached hydrogens (primary N) is 2. The van der Waals surface area contributed by atoms with E-state index in [4.69, 9.17) is 11.5 Å². The SMILES string of the molecule is CN(C)Cc1nccn1-c1cc(N)cc(C(F)(F)F)c1.Nc1cc(Br)cc(C(F)(F)F)c1. The molecule has 0 aliphatic heterocycles. The molecule has 5 nitrogen and oxygen atoms in total. The highest BCUT2D eigenvalue weighted by Crippen LogP contribution is 2.33. The lowest BCUT2D eigenvalue weighted by Gasteiger charge is -2.14. The Morgan fingerprint density at radius 3 is 1.91 bits per heavy atom. The summed E-state index contributed by atoms with van der Waals surface area (Å²) in [6.45, 7) is 0.517. The van der Waals surface area contributed by atoms with Crippen molar-refractivity contribution in [3.63, 3.8) is 0 Å². The van der Waals surface area contributed by atoms with E-state index < -0.39 is 23.5 Å². The Balaban J connectivity index is 0.000000258. The predicted octanol–water partition coefficient (Wildman–Crippen LogP) is 5.59. The van der Waals surface area contributed by atoms with Crippen molar-refractivity contribution in [3.05, 3.63) is 70.2 Å². The van der Waals surface area contributed by atoms with Gasteiger partial charge in [-0.25, -0.2) is 4.98 Å². The van der Waals surface area contributed by atoms with Gasteiger partial charge < -0.3 is 20.9 Å². The molecule has 1 aromatic heterocycles. The van der Waals surface area contributed by atoms with E-state index in [2.05, 4.69) is 20.9 Å². The highest BCUT2D eigenvalue weighted by Gasteiger charge is 2.32. The first-order valence-corrected chi connectivity index (χ1v) is 9.74. The highest BCUT2D eigenvalue weighted by atomic mass is 79.9. The fraction of sp³-hybridized carbons (Fsp3) is 0.250. The van der Waals surface area contributed by atoms with Crippen molar-refractivity contribution >= 4 is 27.3 Å². The summed E-state index contributed by atoms with van der Waals surface area (Å²) < 4.78 is 76.6. The molecular formula is C20H20BrF6N5. The Morgan fingerprint density at radius 2 is 1.41 bits per heavy atom. The van der Waals surface area contributed by atoms with Gasteiger partial charge in [0.2, 0.25) is 0 Å². The van der Waals surface area contributed by atoms with E-state index in [0.717, 1.165) is 24.3 Å². The minimum Gasteiger partial charge on any atom is -0.399 e. The van der Waals surface area contributed by atoms with Gasteiger partial charge in [0.15, 0.2) is 0 Å². The lowest BCUT2D eigenvalue weighted by molar-refractivity contribution is -0.138. The molecule has 0 saturated heterocycles. The Labute approximate surface area is 188 Å². The maximum Gasteiger partial charge on any atom is 0.416 e. The first-order valence-electron chi connectivity index (χ1n) is 8.95. The van der Waals surface area contributed by atoms with Gasteiger partial charge in [-0.2, -0.15) is 26.3 Å². The first kappa shape index (κ1) is 25.5. The van der Waals surface area contributed by atoms with Crippen LogP contribution in [0.4, 0.5) is 37.7 Å². The maximum absolute atomic E-state index is 12.8. The summed E-state index contributed by atoms with van der Waals surface area (Å²) >= 11 is 2.93. The second-order valence-corrected chi connectivity index (χ2v) is 7.95. The molecule has 3 rings (SSSR count). The number of rotatable bonds is 3. The minimum absolute atomic E-state index is 0.0688. The van der Waals surface area contributed by atoms with Crippen LogP contribution in [0, 0.1) is 0 Å². The molecule has 0 amide bonds. The summed E-state index contributed by atoms with van der Waals surface area (Å²) in [5.74, 6) is 0.647. The zero-order chi connectivity index (χ0) is 24.3. The van der Waals surface area contributed by atoms with Crippen LogP contribution in [0.25, 0.3) is 5.69 Å². The number of alkyl halides is 6. The fourth-order valence-corrected chi connectivity index (χ4v) is 3.19. The molecule has 2 aromatic carbocycles. The number of anilines is 2. The molecule has 0 atom stereocenters. The molecule has 4 N–H and O–H groups in total. The average Bonchev–Trinajstić information content (AvgIpc) is 3.07. The van der Waals surface area contributed by atoms with Crippen molar-refractivity contribution in [3.8, 4) is 5.69 Å². The van der Waals surface area contributed by atoms with Gasteiger partial charge >= 0.3 is 12.4 Å². The van der Waals surface area contributed by atoms with Crippen molar-refractivity contribution in [2.45, 2.75) is 18.9 Å². The van der Waals surface area contributed by atoms with Crippen LogP contribution in [0.2, 0.25) is 0 Å². The largest absolute Gasteiger partial charge is 0.416 e. The lowest BCUT2D eigenvalue weighted by atomic mass is 10.1. The molecular weight excluding hydrogens is 504 g/mol. The number of imidazole rings is 1. The number of aromatic nitrogens is 2. The number of hydrogen-bond donors (Lipinski definition) is 2. The van der Waals surface area contributed by atoms with Crippen molar-refractivity contribution in [1.82, 2.24) is 14.5 Å². The van der Waals surface area contributed by atoms with Crippen LogP contribution in [0.1, 0.15) is 17.0 Å². The molecule has 0 saturated carbocycles. The number of hydrogen-bond acceptors (Lipinski definition) is 4. The number of halogens is 7. The molecule has 1 heterocycles. The monoisotopic (exact) mass is 523 g/mol. The zero-order valence-corrected chi connectivity index (χ0v) is 18.6. The zero-order valence-electron chi connectivity index (χ0n) is 17.0. The maximum atomic E-state index is 12.8. The van der Waals surface area contributed by atoms with Crippen LogP contribution >= 0.6 is 15.9 Å². The molecule has 12 heteroatoms. The molecule has 0 aliphatic carbocycles. The van der Waals surface area contributed by atoms with Gasteiger partial charge in [0.1, 0.15) is 5.82 Å². The average molecular weight is 524 g/mol. The Hall–Kier alpha value is -2.73. The Kier molecular flexibility index (Phi) is 7.83. The molecule has 0 aliphatic rings. The van der Waals surface area contributed by atoms with Gasteiger partial charge in [-0.15, -0.1) is 0 Å². The third-order valence-corrected chi connectivity index (χ3v) is 4.43. The van der Waals surface area contributed by atoms with Crippen LogP contribution in [-0.2, 0) is 18.9 Å². The van der Waals surface area contributed by atoms with Gasteiger partial charge in [-0.1, -0.05) is 15.9 Å². The van der Waals surface area contributed by atoms with Gasteiger partial charge in [0, 0.05) is 33.9 Å². The third kappa shape index (κ3) is 7.16. The van der Waals surface area contributed by atoms with Crippen molar-refractivity contribution in [2.75, 3.05) is 25.6 Å². The summed E-state index contributed by atoms with van der Waals surface area (Å²) in [5, 5.41) is 0. The van der Waals surface area contributed by atoms with E-state index in [0.29, 0.717) is 22.5 Å². The lowest BCUT2D eigenvalue weighted by Crippen LogP contribution is -2.15. The van der Waals surface area contributed by atoms with E-state index in [1.165, 1.54) is 12.1 Å². The smallest absolute Gasteiger partial charge is 0.399 e. The minimum atomic E-state index is -4.42. The second-order valence-electron chi connectivity index (χ2n) is 7.03. The second kappa shape index (κ2) is 9.82. The number of benzene rings is 2. The first-order chi connectivity index (χ1) is 14.7. The van der Waals surface area contributed by atoms with Crippen molar-refractivity contribution < 1.29 is 26.3 Å². The quantitative estimate of drug-likeness (QED) is 0.347. The number of nitrogens with zero attached hydrogens (tertiary/aromatic N) is 3. The van der Waals surface area contributed by atoms with Crippen LogP contribution in [0.15, 0.2) is 53.3 Å². The van der Waals surface area contributed by atoms with Gasteiger partial charge in [0.05, 0.1) is 17.7 Å². The standard InChI is InChI=1S/C13H15F3N4.C7H5BrF3N/c1-19(2)8-12-18-3-4-20(12)11-6-9(13(14,15)16)5-10(17)7-11;8-5-1-4(7(9,10)11)2-6(12)3-5/h3-7H,8,17H2,1-2H3;1-3H,12H2. The van der Waals surface area contributed by atoms with Crippen LogP contribution in [0.5, 0.6) is 0 Å². The van der Waals surface area contributed by atoms with E-state index in [-0.39, 0.29) is 11.4 Å². The van der Waals surface area contributed by atoms with E-state index in [1.54, 1.807) is 17.0 Å². The highest BCUT2D eigenvalue weighted by molar-refractivity contribution is 9.10. The van der Waals surface area contributed by atoms with Gasteiger partial charge in [-0.3, -0.25) is 0 Å². The predicted molar refractivity (Wildman–Crippen MR) is 114 cm³/mol. The Bertz CT molecular complexity index is 1040. The van der Waals surface area contributed by atoms with Gasteiger partial charge in [0.25, 0.3) is 0 Å². The van der Waals surface area contributed by atoms with Crippen molar-refractivity contribution in [1.29, 1.82) is 0 Å². The van der Waals surface area contributed by atoms with Crippen LogP contribution in [0.3, 0.4) is 0 Å². The molecule has 0 bridgehead atoms. The molecule has 0 radical (unpaired) electrons. The van der Waals surface area contributed by atoms with Crippen molar-refractivity contribution in [2.24, 2.45) is 0 Å².